The van der Waals surface area contributed by atoms with Gasteiger partial charge in [-0.3, -0.25) is 0 Å². The molecule has 1 N–H and O–H groups in total. The fraction of sp³-hybridized carbons (Fsp3) is 0.909. The van der Waals surface area contributed by atoms with Crippen molar-refractivity contribution in [2.75, 3.05) is 19.7 Å². The molecule has 18 heavy (non-hydrogen) atoms. The molecule has 0 bridgehead atoms. The minimum Gasteiger partial charge on any atom is -0.453 e. The number of epoxide rings is 1. The number of carbonyl (C=O) groups excluding carboxylic acids is 1. The first-order valence-corrected chi connectivity index (χ1v) is 6.01. The molecule has 7 heteroatoms. The van der Waals surface area contributed by atoms with Crippen LogP contribution in [0.1, 0.15) is 26.2 Å². The van der Waals surface area contributed by atoms with Gasteiger partial charge in [-0.15, -0.1) is 0 Å². The van der Waals surface area contributed by atoms with Crippen molar-refractivity contribution in [1.29, 1.82) is 0 Å². The molecule has 0 aromatic heterocycles. The molecule has 2 heterocycles. The van der Waals surface area contributed by atoms with Crippen LogP contribution in [-0.4, -0.2) is 44.0 Å². The number of alkyl halides is 3. The van der Waals surface area contributed by atoms with E-state index in [4.69, 9.17) is 0 Å². The van der Waals surface area contributed by atoms with Gasteiger partial charge in [0.15, 0.2) is 0 Å². The molecule has 0 spiro atoms. The lowest BCUT2D eigenvalue weighted by atomic mass is 10.2. The topological polar surface area (TPSA) is 50.9 Å². The highest BCUT2D eigenvalue weighted by molar-refractivity contribution is 5.75. The number of piperidine rings is 1. The monoisotopic (exact) mass is 269 g/mol. The van der Waals surface area contributed by atoms with E-state index < -0.39 is 18.2 Å². The van der Waals surface area contributed by atoms with Crippen molar-refractivity contribution in [2.45, 2.75) is 44.6 Å². The van der Waals surface area contributed by atoms with Gasteiger partial charge in [-0.2, -0.15) is 13.2 Å². The van der Waals surface area contributed by atoms with E-state index in [1.54, 1.807) is 0 Å². The zero-order valence-corrected chi connectivity index (χ0v) is 10.3. The van der Waals surface area contributed by atoms with Crippen molar-refractivity contribution >= 4 is 5.97 Å². The smallest absolute Gasteiger partial charge is 0.453 e. The maximum absolute atomic E-state index is 11.6. The summed E-state index contributed by atoms with van der Waals surface area (Å²) in [7, 11) is 0. The summed E-state index contributed by atoms with van der Waals surface area (Å²) in [5.41, 5.74) is 0. The summed E-state index contributed by atoms with van der Waals surface area (Å²) in [4.78, 5) is 10.2. The Morgan fingerprint density at radius 2 is 1.89 bits per heavy atom. The Kier molecular flexibility index (Phi) is 5.87. The second-order valence-electron chi connectivity index (χ2n) is 4.29. The second kappa shape index (κ2) is 6.94. The Balaban J connectivity index is 0.000000225. The lowest BCUT2D eigenvalue weighted by molar-refractivity contribution is -0.204. The zero-order valence-electron chi connectivity index (χ0n) is 10.3. The Labute approximate surface area is 104 Å². The van der Waals surface area contributed by atoms with E-state index >= 15 is 0 Å². The summed E-state index contributed by atoms with van der Waals surface area (Å²) >= 11 is 0. The van der Waals surface area contributed by atoms with Crippen LogP contribution in [0.15, 0.2) is 0 Å². The highest BCUT2D eigenvalue weighted by atomic mass is 19.4. The quantitative estimate of drug-likeness (QED) is 0.611. The Bertz CT molecular complexity index is 251. The van der Waals surface area contributed by atoms with Gasteiger partial charge in [0.1, 0.15) is 12.2 Å². The van der Waals surface area contributed by atoms with Crippen LogP contribution in [0.3, 0.4) is 0 Å². The number of hydrogen-bond acceptors (Lipinski definition) is 4. The minimum absolute atomic E-state index is 0.353. The average Bonchev–Trinajstić information content (AvgIpc) is 3.14. The van der Waals surface area contributed by atoms with Crippen LogP contribution in [0.25, 0.3) is 0 Å². The van der Waals surface area contributed by atoms with E-state index in [2.05, 4.69) is 14.8 Å². The molecule has 2 fully saturated rings. The normalized spacial score (nSPS) is 24.6. The third-order valence-corrected chi connectivity index (χ3v) is 2.61. The molecule has 0 saturated carbocycles. The molecule has 0 aromatic carbocycles. The highest BCUT2D eigenvalue weighted by Gasteiger charge is 2.44. The molecule has 0 aliphatic carbocycles. The molecule has 0 aromatic rings. The maximum Gasteiger partial charge on any atom is 0.490 e. The minimum atomic E-state index is -4.91. The van der Waals surface area contributed by atoms with E-state index in [0.717, 1.165) is 0 Å². The summed E-state index contributed by atoms with van der Waals surface area (Å²) in [5, 5.41) is 3.28. The van der Waals surface area contributed by atoms with Crippen LogP contribution >= 0.6 is 0 Å². The number of rotatable bonds is 2. The fourth-order valence-electron chi connectivity index (χ4n) is 1.44. The van der Waals surface area contributed by atoms with Crippen LogP contribution in [0.4, 0.5) is 13.2 Å². The van der Waals surface area contributed by atoms with E-state index in [1.165, 1.54) is 39.3 Å². The van der Waals surface area contributed by atoms with Crippen LogP contribution in [0.5, 0.6) is 0 Å². The van der Waals surface area contributed by atoms with E-state index in [1.807, 2.05) is 0 Å². The summed E-state index contributed by atoms with van der Waals surface area (Å²) < 4.78 is 43.4. The van der Waals surface area contributed by atoms with Crippen molar-refractivity contribution in [2.24, 2.45) is 0 Å². The van der Waals surface area contributed by atoms with E-state index in [0.29, 0.717) is 6.61 Å². The van der Waals surface area contributed by atoms with Crippen LogP contribution in [0, 0.1) is 0 Å². The molecule has 106 valence electrons. The lowest BCUT2D eigenvalue weighted by Gasteiger charge is -2.11. The molecule has 4 nitrogen and oxygen atoms in total. The summed E-state index contributed by atoms with van der Waals surface area (Å²) in [6, 6.07) is 0. The SMILES string of the molecule is C1CCNCC1.CC(OC(=O)C(F)(F)F)C1CO1. The van der Waals surface area contributed by atoms with Crippen molar-refractivity contribution < 1.29 is 27.4 Å². The number of ether oxygens (including phenoxy) is 2. The summed E-state index contributed by atoms with van der Waals surface area (Å²) in [6.45, 7) is 4.22. The zero-order chi connectivity index (χ0) is 13.6. The van der Waals surface area contributed by atoms with Gasteiger partial charge in [0.2, 0.25) is 0 Å². The maximum atomic E-state index is 11.6. The van der Waals surface area contributed by atoms with Gasteiger partial charge in [0.25, 0.3) is 0 Å². The first-order valence-electron chi connectivity index (χ1n) is 6.01. The molecule has 2 rings (SSSR count). The summed E-state index contributed by atoms with van der Waals surface area (Å²) in [5.74, 6) is -2.16. The molecular formula is C11H18F3NO3. The van der Waals surface area contributed by atoms with Crippen molar-refractivity contribution in [1.82, 2.24) is 5.32 Å². The highest BCUT2D eigenvalue weighted by Crippen LogP contribution is 2.22. The van der Waals surface area contributed by atoms with Gasteiger partial charge >= 0.3 is 12.1 Å². The van der Waals surface area contributed by atoms with Crippen LogP contribution in [-0.2, 0) is 14.3 Å². The van der Waals surface area contributed by atoms with E-state index in [-0.39, 0.29) is 6.10 Å². The van der Waals surface area contributed by atoms with Gasteiger partial charge in [-0.25, -0.2) is 4.79 Å². The van der Waals surface area contributed by atoms with Gasteiger partial charge in [0.05, 0.1) is 6.61 Å². The first kappa shape index (κ1) is 15.2. The largest absolute Gasteiger partial charge is 0.490 e. The number of halogens is 3. The fourth-order valence-corrected chi connectivity index (χ4v) is 1.44. The lowest BCUT2D eigenvalue weighted by Crippen LogP contribution is -2.31. The molecular weight excluding hydrogens is 251 g/mol. The second-order valence-corrected chi connectivity index (χ2v) is 4.29. The standard InChI is InChI=1S/C6H7F3O3.C5H11N/c1-3(4-2-11-4)12-5(10)6(7,8)9;1-2-4-6-5-3-1/h3-4H,2H2,1H3;6H,1-5H2. The molecule has 2 saturated heterocycles. The van der Waals surface area contributed by atoms with Gasteiger partial charge < -0.3 is 14.8 Å². The van der Waals surface area contributed by atoms with Crippen LogP contribution < -0.4 is 5.32 Å². The summed E-state index contributed by atoms with van der Waals surface area (Å²) in [6.07, 6.45) is -1.88. The molecule has 2 aliphatic heterocycles. The molecule has 2 unspecified atom stereocenters. The third-order valence-electron chi connectivity index (χ3n) is 2.61. The Hall–Kier alpha value is -0.820. The number of nitrogens with one attached hydrogen (secondary N) is 1. The number of carbonyl (C=O) groups is 1. The Morgan fingerprint density at radius 1 is 1.33 bits per heavy atom. The number of hydrogen-bond donors (Lipinski definition) is 1. The van der Waals surface area contributed by atoms with Gasteiger partial charge in [0, 0.05) is 0 Å². The Morgan fingerprint density at radius 3 is 2.17 bits per heavy atom. The van der Waals surface area contributed by atoms with Gasteiger partial charge in [-0.05, 0) is 32.9 Å². The van der Waals surface area contributed by atoms with E-state index in [9.17, 15) is 18.0 Å². The molecule has 2 aliphatic rings. The van der Waals surface area contributed by atoms with Crippen molar-refractivity contribution in [3.8, 4) is 0 Å². The molecule has 0 radical (unpaired) electrons. The predicted octanol–water partition coefficient (Wildman–Crippen LogP) is 1.64. The third kappa shape index (κ3) is 6.20. The van der Waals surface area contributed by atoms with Crippen molar-refractivity contribution in [3.05, 3.63) is 0 Å². The predicted molar refractivity (Wildman–Crippen MR) is 58.1 cm³/mol. The van der Waals surface area contributed by atoms with Crippen LogP contribution in [0.2, 0.25) is 0 Å². The first-order chi connectivity index (χ1) is 8.41. The molecule has 0 amide bonds. The van der Waals surface area contributed by atoms with Crippen molar-refractivity contribution in [3.63, 3.8) is 0 Å². The number of esters is 1. The molecule has 2 atom stereocenters. The average molecular weight is 269 g/mol. The van der Waals surface area contributed by atoms with Gasteiger partial charge in [-0.1, -0.05) is 6.42 Å².